The lowest BCUT2D eigenvalue weighted by Gasteiger charge is -2.12. The van der Waals surface area contributed by atoms with Crippen LogP contribution < -0.4 is 0 Å². The van der Waals surface area contributed by atoms with Crippen molar-refractivity contribution in [3.8, 4) is 0 Å². The average Bonchev–Trinajstić information content (AvgIpc) is 2.15. The van der Waals surface area contributed by atoms with Crippen molar-refractivity contribution < 1.29 is 14.3 Å². The van der Waals surface area contributed by atoms with E-state index in [2.05, 4.69) is 13.5 Å². The van der Waals surface area contributed by atoms with E-state index >= 15 is 0 Å². The highest BCUT2D eigenvalue weighted by molar-refractivity contribution is 5.87. The Morgan fingerprint density at radius 3 is 2.57 bits per heavy atom. The minimum Gasteiger partial charge on any atom is -0.463 e. The van der Waals surface area contributed by atoms with E-state index in [0.717, 1.165) is 12.8 Å². The highest BCUT2D eigenvalue weighted by Gasteiger charge is 2.09. The van der Waals surface area contributed by atoms with Crippen LogP contribution in [0.3, 0.4) is 0 Å². The second-order valence-electron chi connectivity index (χ2n) is 3.23. The van der Waals surface area contributed by atoms with E-state index in [1.807, 2.05) is 6.92 Å². The van der Waals surface area contributed by atoms with Crippen LogP contribution in [0.1, 0.15) is 33.6 Å². The predicted octanol–water partition coefficient (Wildman–Crippen LogP) is 2.31. The van der Waals surface area contributed by atoms with Crippen molar-refractivity contribution in [3.05, 3.63) is 12.2 Å². The quantitative estimate of drug-likeness (QED) is 0.467. The summed E-state index contributed by atoms with van der Waals surface area (Å²) in [6.45, 7) is 10.1. The lowest BCUT2D eigenvalue weighted by molar-refractivity contribution is -0.139. The molecule has 14 heavy (non-hydrogen) atoms. The summed E-state index contributed by atoms with van der Waals surface area (Å²) < 4.78 is 10.2. The summed E-state index contributed by atoms with van der Waals surface area (Å²) >= 11 is 0. The molecule has 3 heteroatoms. The molecule has 0 amide bonds. The molecule has 0 saturated carbocycles. The summed E-state index contributed by atoms with van der Waals surface area (Å²) in [5.74, 6) is -0.365. The van der Waals surface area contributed by atoms with Crippen LogP contribution in [-0.4, -0.2) is 25.3 Å². The Kier molecular flexibility index (Phi) is 7.11. The molecule has 0 radical (unpaired) electrons. The van der Waals surface area contributed by atoms with Gasteiger partial charge in [0.15, 0.2) is 0 Å². The van der Waals surface area contributed by atoms with Crippen LogP contribution in [-0.2, 0) is 14.3 Å². The number of rotatable bonds is 7. The van der Waals surface area contributed by atoms with Crippen molar-refractivity contribution in [1.29, 1.82) is 0 Å². The summed E-state index contributed by atoms with van der Waals surface area (Å²) in [5, 5.41) is 0. The van der Waals surface area contributed by atoms with Gasteiger partial charge in [-0.25, -0.2) is 4.79 Å². The second-order valence-corrected chi connectivity index (χ2v) is 3.23. The molecular weight excluding hydrogens is 180 g/mol. The van der Waals surface area contributed by atoms with Gasteiger partial charge in [0, 0.05) is 0 Å². The minimum absolute atomic E-state index is 0.172. The van der Waals surface area contributed by atoms with Crippen LogP contribution in [0.15, 0.2) is 12.2 Å². The standard InChI is InChI=1S/C11H20O3/c1-5-7-10(4)14-8-9(3)11(12)13-6-2/h10H,3,5-8H2,1-2,4H3. The highest BCUT2D eigenvalue weighted by Crippen LogP contribution is 2.04. The molecule has 0 aromatic rings. The molecule has 1 unspecified atom stereocenters. The molecule has 0 aromatic carbocycles. The van der Waals surface area contributed by atoms with E-state index in [1.165, 1.54) is 0 Å². The molecule has 3 nitrogen and oxygen atoms in total. The second kappa shape index (κ2) is 7.56. The lowest BCUT2D eigenvalue weighted by atomic mass is 10.2. The van der Waals surface area contributed by atoms with Crippen molar-refractivity contribution in [2.45, 2.75) is 39.7 Å². The first-order valence-electron chi connectivity index (χ1n) is 5.08. The Labute approximate surface area is 86.1 Å². The van der Waals surface area contributed by atoms with Gasteiger partial charge in [-0.15, -0.1) is 0 Å². The largest absolute Gasteiger partial charge is 0.463 e. The predicted molar refractivity (Wildman–Crippen MR) is 56.1 cm³/mol. The third kappa shape index (κ3) is 5.75. The number of carbonyl (C=O) groups is 1. The molecule has 0 N–H and O–H groups in total. The van der Waals surface area contributed by atoms with Crippen LogP contribution in [0.5, 0.6) is 0 Å². The van der Waals surface area contributed by atoms with Gasteiger partial charge in [0.1, 0.15) is 0 Å². The molecule has 0 spiro atoms. The monoisotopic (exact) mass is 200 g/mol. The fourth-order valence-corrected chi connectivity index (χ4v) is 1.02. The molecule has 0 aliphatic carbocycles. The maximum atomic E-state index is 11.1. The van der Waals surface area contributed by atoms with E-state index in [4.69, 9.17) is 9.47 Å². The van der Waals surface area contributed by atoms with E-state index < -0.39 is 0 Å². The van der Waals surface area contributed by atoms with Crippen molar-refractivity contribution in [3.63, 3.8) is 0 Å². The Balaban J connectivity index is 3.67. The third-order valence-corrected chi connectivity index (χ3v) is 1.80. The van der Waals surface area contributed by atoms with Gasteiger partial charge in [0.25, 0.3) is 0 Å². The van der Waals surface area contributed by atoms with Gasteiger partial charge in [-0.2, -0.15) is 0 Å². The zero-order valence-corrected chi connectivity index (χ0v) is 9.34. The van der Waals surface area contributed by atoms with Gasteiger partial charge in [0.05, 0.1) is 24.9 Å². The van der Waals surface area contributed by atoms with Gasteiger partial charge < -0.3 is 9.47 Å². The smallest absolute Gasteiger partial charge is 0.335 e. The van der Waals surface area contributed by atoms with Gasteiger partial charge in [-0.05, 0) is 20.3 Å². The van der Waals surface area contributed by atoms with Crippen molar-refractivity contribution in [2.24, 2.45) is 0 Å². The molecule has 0 aliphatic rings. The van der Waals surface area contributed by atoms with Crippen molar-refractivity contribution in [1.82, 2.24) is 0 Å². The van der Waals surface area contributed by atoms with E-state index in [0.29, 0.717) is 12.2 Å². The van der Waals surface area contributed by atoms with Crippen LogP contribution in [0.2, 0.25) is 0 Å². The molecule has 0 rings (SSSR count). The zero-order chi connectivity index (χ0) is 11.0. The number of esters is 1. The maximum absolute atomic E-state index is 11.1. The normalized spacial score (nSPS) is 12.2. The van der Waals surface area contributed by atoms with Crippen LogP contribution in [0.4, 0.5) is 0 Å². The van der Waals surface area contributed by atoms with Crippen LogP contribution in [0, 0.1) is 0 Å². The zero-order valence-electron chi connectivity index (χ0n) is 9.34. The first-order valence-corrected chi connectivity index (χ1v) is 5.08. The fourth-order valence-electron chi connectivity index (χ4n) is 1.02. The summed E-state index contributed by atoms with van der Waals surface area (Å²) in [5.41, 5.74) is 0.384. The number of hydrogen-bond donors (Lipinski definition) is 0. The van der Waals surface area contributed by atoms with Gasteiger partial charge in [-0.3, -0.25) is 0 Å². The minimum atomic E-state index is -0.365. The maximum Gasteiger partial charge on any atom is 0.335 e. The Bertz CT molecular complexity index is 187. The Morgan fingerprint density at radius 2 is 2.07 bits per heavy atom. The lowest BCUT2D eigenvalue weighted by Crippen LogP contribution is -2.15. The summed E-state index contributed by atoms with van der Waals surface area (Å²) in [6.07, 6.45) is 2.24. The number of carbonyl (C=O) groups excluding carboxylic acids is 1. The molecule has 0 fully saturated rings. The SMILES string of the molecule is C=C(COC(C)CCC)C(=O)OCC. The molecule has 1 atom stereocenters. The fraction of sp³-hybridized carbons (Fsp3) is 0.727. The van der Waals surface area contributed by atoms with Crippen molar-refractivity contribution in [2.75, 3.05) is 13.2 Å². The average molecular weight is 200 g/mol. The van der Waals surface area contributed by atoms with Gasteiger partial charge in [0.2, 0.25) is 0 Å². The third-order valence-electron chi connectivity index (χ3n) is 1.80. The van der Waals surface area contributed by atoms with Gasteiger partial charge in [-0.1, -0.05) is 19.9 Å². The topological polar surface area (TPSA) is 35.5 Å². The first kappa shape index (κ1) is 13.2. The van der Waals surface area contributed by atoms with Crippen LogP contribution >= 0.6 is 0 Å². The number of ether oxygens (including phenoxy) is 2. The summed E-state index contributed by atoms with van der Waals surface area (Å²) in [7, 11) is 0. The Morgan fingerprint density at radius 1 is 1.43 bits per heavy atom. The molecule has 0 aliphatic heterocycles. The van der Waals surface area contributed by atoms with E-state index in [-0.39, 0.29) is 18.7 Å². The molecule has 0 heterocycles. The van der Waals surface area contributed by atoms with E-state index in [9.17, 15) is 4.79 Å². The Hall–Kier alpha value is -0.830. The first-order chi connectivity index (χ1) is 6.61. The molecule has 0 bridgehead atoms. The highest BCUT2D eigenvalue weighted by atomic mass is 16.5. The molecule has 0 saturated heterocycles. The van der Waals surface area contributed by atoms with Crippen LogP contribution in [0.25, 0.3) is 0 Å². The summed E-state index contributed by atoms with van der Waals surface area (Å²) in [4.78, 5) is 11.1. The molecule has 82 valence electrons. The molecular formula is C11H20O3. The van der Waals surface area contributed by atoms with Gasteiger partial charge >= 0.3 is 5.97 Å². The molecule has 0 aromatic heterocycles. The van der Waals surface area contributed by atoms with Crippen molar-refractivity contribution >= 4 is 5.97 Å². The van der Waals surface area contributed by atoms with E-state index in [1.54, 1.807) is 6.92 Å². The number of hydrogen-bond acceptors (Lipinski definition) is 3. The summed E-state index contributed by atoms with van der Waals surface area (Å²) in [6, 6.07) is 0.